The Bertz CT molecular complexity index is 956. The maximum absolute atomic E-state index is 5.90. The summed E-state index contributed by atoms with van der Waals surface area (Å²) in [4.78, 5) is 0. The molecule has 0 spiro atoms. The predicted octanol–water partition coefficient (Wildman–Crippen LogP) is 4.55. The van der Waals surface area contributed by atoms with Crippen LogP contribution in [0.4, 0.5) is 0 Å². The summed E-state index contributed by atoms with van der Waals surface area (Å²) in [5.74, 6) is 2.63. The van der Waals surface area contributed by atoms with Crippen molar-refractivity contribution in [2.75, 3.05) is 20.3 Å². The first-order valence-electron chi connectivity index (χ1n) is 9.09. The van der Waals surface area contributed by atoms with E-state index in [-0.39, 0.29) is 0 Å². The smallest absolute Gasteiger partial charge is 0.161 e. The minimum Gasteiger partial charge on any atom is -0.497 e. The topological polar surface area (TPSA) is 32.6 Å². The quantitative estimate of drug-likeness (QED) is 0.682. The van der Waals surface area contributed by atoms with E-state index in [1.54, 1.807) is 7.11 Å². The Morgan fingerprint density at radius 2 is 1.69 bits per heavy atom. The summed E-state index contributed by atoms with van der Waals surface area (Å²) in [6.45, 7) is 2.42. The van der Waals surface area contributed by atoms with E-state index in [4.69, 9.17) is 14.2 Å². The van der Waals surface area contributed by atoms with Crippen LogP contribution >= 0.6 is 0 Å². The van der Waals surface area contributed by atoms with Gasteiger partial charge in [0.15, 0.2) is 11.5 Å². The van der Waals surface area contributed by atoms with Gasteiger partial charge >= 0.3 is 0 Å². The molecule has 26 heavy (non-hydrogen) atoms. The Balaban J connectivity index is 1.57. The number of hydrogen-bond donors (Lipinski definition) is 0. The second kappa shape index (κ2) is 6.13. The summed E-state index contributed by atoms with van der Waals surface area (Å²) in [5, 5.41) is 0. The van der Waals surface area contributed by atoms with Crippen LogP contribution in [0.25, 0.3) is 22.4 Å². The molecule has 3 aromatic rings. The van der Waals surface area contributed by atoms with Crippen molar-refractivity contribution < 1.29 is 14.2 Å². The number of hydrogen-bond acceptors (Lipinski definition) is 3. The second-order valence-corrected chi connectivity index (χ2v) is 6.79. The first-order valence-corrected chi connectivity index (χ1v) is 9.09. The Labute approximate surface area is 152 Å². The van der Waals surface area contributed by atoms with E-state index < -0.39 is 0 Å². The molecule has 0 unspecified atom stereocenters. The van der Waals surface area contributed by atoms with E-state index in [1.807, 2.05) is 12.1 Å². The van der Waals surface area contributed by atoms with Gasteiger partial charge in [-0.2, -0.15) is 0 Å². The molecule has 0 aliphatic carbocycles. The third kappa shape index (κ3) is 2.53. The van der Waals surface area contributed by atoms with Crippen LogP contribution in [0.1, 0.15) is 12.0 Å². The Morgan fingerprint density at radius 1 is 0.923 bits per heavy atom. The highest BCUT2D eigenvalue weighted by atomic mass is 16.5. The van der Waals surface area contributed by atoms with Crippen LogP contribution in [-0.2, 0) is 13.0 Å². The molecular formula is C22H21NO3. The van der Waals surface area contributed by atoms with Crippen LogP contribution in [0.15, 0.2) is 48.7 Å². The number of benzene rings is 2. The molecule has 0 saturated heterocycles. The molecule has 4 nitrogen and oxygen atoms in total. The van der Waals surface area contributed by atoms with Gasteiger partial charge in [0.05, 0.1) is 20.3 Å². The average Bonchev–Trinajstić information content (AvgIpc) is 2.99. The third-order valence-electron chi connectivity index (χ3n) is 5.19. The molecule has 3 heterocycles. The maximum Gasteiger partial charge on any atom is 0.161 e. The number of methoxy groups -OCH3 is 1. The number of nitrogens with zero attached hydrogens (tertiary/aromatic N) is 1. The molecule has 2 aliphatic heterocycles. The van der Waals surface area contributed by atoms with Crippen molar-refractivity contribution in [3.05, 3.63) is 54.2 Å². The molecule has 0 atom stereocenters. The lowest BCUT2D eigenvalue weighted by atomic mass is 9.97. The maximum atomic E-state index is 5.90. The van der Waals surface area contributed by atoms with Crippen molar-refractivity contribution in [3.63, 3.8) is 0 Å². The first-order chi connectivity index (χ1) is 12.8. The van der Waals surface area contributed by atoms with Gasteiger partial charge in [0.1, 0.15) is 5.75 Å². The van der Waals surface area contributed by atoms with Gasteiger partial charge in [-0.3, -0.25) is 0 Å². The lowest BCUT2D eigenvalue weighted by Gasteiger charge is -2.21. The lowest BCUT2D eigenvalue weighted by molar-refractivity contribution is 0.297. The van der Waals surface area contributed by atoms with Gasteiger partial charge in [-0.05, 0) is 53.4 Å². The summed E-state index contributed by atoms with van der Waals surface area (Å²) in [6.07, 6.45) is 4.18. The minimum atomic E-state index is 0.712. The molecular weight excluding hydrogens is 326 g/mol. The van der Waals surface area contributed by atoms with Crippen molar-refractivity contribution >= 4 is 0 Å². The first kappa shape index (κ1) is 15.4. The molecule has 0 N–H and O–H groups in total. The fraction of sp³-hybridized carbons (Fsp3) is 0.273. The number of fused-ring (bicyclic) bond motifs is 4. The molecule has 1 aromatic heterocycles. The van der Waals surface area contributed by atoms with Crippen LogP contribution in [0.3, 0.4) is 0 Å². The average molecular weight is 347 g/mol. The zero-order valence-corrected chi connectivity index (χ0v) is 14.8. The van der Waals surface area contributed by atoms with E-state index in [0.717, 1.165) is 43.2 Å². The van der Waals surface area contributed by atoms with Crippen LogP contribution < -0.4 is 14.2 Å². The predicted molar refractivity (Wildman–Crippen MR) is 101 cm³/mol. The fourth-order valence-corrected chi connectivity index (χ4v) is 3.80. The third-order valence-corrected chi connectivity index (χ3v) is 5.19. The highest BCUT2D eigenvalue weighted by Gasteiger charge is 2.22. The molecule has 0 bridgehead atoms. The molecule has 0 amide bonds. The summed E-state index contributed by atoms with van der Waals surface area (Å²) in [6, 6.07) is 14.8. The molecule has 4 heteroatoms. The van der Waals surface area contributed by atoms with Gasteiger partial charge in [0.25, 0.3) is 0 Å². The number of ether oxygens (including phenoxy) is 3. The molecule has 0 saturated carbocycles. The van der Waals surface area contributed by atoms with Gasteiger partial charge in [0, 0.05) is 30.4 Å². The Morgan fingerprint density at radius 3 is 2.46 bits per heavy atom. The van der Waals surface area contributed by atoms with E-state index >= 15 is 0 Å². The molecule has 2 aromatic carbocycles. The highest BCUT2D eigenvalue weighted by Crippen LogP contribution is 2.41. The molecule has 2 aliphatic rings. The van der Waals surface area contributed by atoms with Gasteiger partial charge < -0.3 is 18.8 Å². The van der Waals surface area contributed by atoms with Gasteiger partial charge in [-0.15, -0.1) is 0 Å². The lowest BCUT2D eigenvalue weighted by Crippen LogP contribution is -2.10. The molecule has 5 rings (SSSR count). The largest absolute Gasteiger partial charge is 0.497 e. The minimum absolute atomic E-state index is 0.712. The molecule has 0 fully saturated rings. The van der Waals surface area contributed by atoms with Crippen LogP contribution in [0.2, 0.25) is 0 Å². The standard InChI is InChI=1S/C22H21NO3/c1-24-18-5-3-15(4-6-18)17-11-20-19-13-22-21(25-9-2-10-26-22)12-16(19)7-8-23(20)14-17/h3-6,11-14H,2,7-10H2,1H3. The van der Waals surface area contributed by atoms with Crippen molar-refractivity contribution in [2.45, 2.75) is 19.4 Å². The second-order valence-electron chi connectivity index (χ2n) is 6.79. The van der Waals surface area contributed by atoms with E-state index in [1.165, 1.54) is 27.9 Å². The number of rotatable bonds is 2. The van der Waals surface area contributed by atoms with Crippen LogP contribution in [0, 0.1) is 0 Å². The fourth-order valence-electron chi connectivity index (χ4n) is 3.80. The normalized spacial score (nSPS) is 15.0. The number of aryl methyl sites for hydroxylation is 2. The van der Waals surface area contributed by atoms with Gasteiger partial charge in [-0.25, -0.2) is 0 Å². The molecule has 132 valence electrons. The van der Waals surface area contributed by atoms with E-state index in [2.05, 4.69) is 41.1 Å². The highest BCUT2D eigenvalue weighted by molar-refractivity contribution is 5.77. The Kier molecular flexibility index (Phi) is 3.63. The van der Waals surface area contributed by atoms with Gasteiger partial charge in [-0.1, -0.05) is 12.1 Å². The summed E-state index contributed by atoms with van der Waals surface area (Å²) >= 11 is 0. The zero-order valence-electron chi connectivity index (χ0n) is 14.8. The van der Waals surface area contributed by atoms with Crippen molar-refractivity contribution in [3.8, 4) is 39.6 Å². The van der Waals surface area contributed by atoms with E-state index in [0.29, 0.717) is 6.61 Å². The monoisotopic (exact) mass is 347 g/mol. The summed E-state index contributed by atoms with van der Waals surface area (Å²) in [7, 11) is 1.69. The van der Waals surface area contributed by atoms with Crippen molar-refractivity contribution in [1.29, 1.82) is 0 Å². The van der Waals surface area contributed by atoms with Crippen molar-refractivity contribution in [1.82, 2.24) is 4.57 Å². The number of aromatic nitrogens is 1. The van der Waals surface area contributed by atoms with Crippen LogP contribution in [-0.4, -0.2) is 24.9 Å². The van der Waals surface area contributed by atoms with E-state index in [9.17, 15) is 0 Å². The summed E-state index contributed by atoms with van der Waals surface area (Å²) in [5.41, 5.74) is 6.25. The zero-order chi connectivity index (χ0) is 17.5. The molecule has 0 radical (unpaired) electrons. The SMILES string of the molecule is COc1ccc(-c2cc3n(c2)CCc2cc4c(cc2-3)OCCCO4)cc1. The summed E-state index contributed by atoms with van der Waals surface area (Å²) < 4.78 is 19.4. The van der Waals surface area contributed by atoms with Gasteiger partial charge in [0.2, 0.25) is 0 Å². The van der Waals surface area contributed by atoms with Crippen molar-refractivity contribution in [2.24, 2.45) is 0 Å². The Hall–Kier alpha value is -2.88. The van der Waals surface area contributed by atoms with Crippen LogP contribution in [0.5, 0.6) is 17.2 Å².